The molecule has 0 amide bonds. The summed E-state index contributed by atoms with van der Waals surface area (Å²) in [5.74, 6) is 0.0742. The Morgan fingerprint density at radius 3 is 2.92 bits per heavy atom. The van der Waals surface area contributed by atoms with Crippen LogP contribution in [0.5, 0.6) is 5.75 Å². The van der Waals surface area contributed by atoms with Gasteiger partial charge in [-0.05, 0) is 37.6 Å². The van der Waals surface area contributed by atoms with Crippen molar-refractivity contribution in [1.82, 2.24) is 9.88 Å². The fourth-order valence-electron chi connectivity index (χ4n) is 3.35. The first kappa shape index (κ1) is 16.5. The molecule has 3 rings (SSSR count). The molecule has 1 unspecified atom stereocenters. The number of benzene rings is 1. The van der Waals surface area contributed by atoms with Crippen LogP contribution in [-0.4, -0.2) is 41.2 Å². The lowest BCUT2D eigenvalue weighted by Gasteiger charge is -2.22. The minimum Gasteiger partial charge on any atom is -0.496 e. The Kier molecular flexibility index (Phi) is 5.11. The van der Waals surface area contributed by atoms with E-state index in [0.717, 1.165) is 42.1 Å². The number of aliphatic carboxylic acids is 1. The number of nitrogens with zero attached hydrogens (tertiary/aromatic N) is 2. The Morgan fingerprint density at radius 2 is 2.12 bits per heavy atom. The van der Waals surface area contributed by atoms with Gasteiger partial charge in [-0.3, -0.25) is 14.7 Å². The minimum absolute atomic E-state index is 0.0725. The predicted octanol–water partition coefficient (Wildman–Crippen LogP) is 2.90. The van der Waals surface area contributed by atoms with E-state index < -0.39 is 5.97 Å². The van der Waals surface area contributed by atoms with Gasteiger partial charge in [0.25, 0.3) is 0 Å². The van der Waals surface area contributed by atoms with E-state index in [1.807, 2.05) is 47.4 Å². The van der Waals surface area contributed by atoms with Crippen LogP contribution in [0.3, 0.4) is 0 Å². The quantitative estimate of drug-likeness (QED) is 0.884. The van der Waals surface area contributed by atoms with Crippen LogP contribution in [0.4, 0.5) is 0 Å². The molecule has 1 fully saturated rings. The van der Waals surface area contributed by atoms with Crippen LogP contribution in [0.2, 0.25) is 0 Å². The minimum atomic E-state index is -0.785. The number of carboxylic acids is 1. The number of likely N-dealkylation sites (tertiary alicyclic amines) is 1. The van der Waals surface area contributed by atoms with Gasteiger partial charge in [0.1, 0.15) is 5.75 Å². The van der Waals surface area contributed by atoms with Crippen molar-refractivity contribution in [2.45, 2.75) is 25.3 Å². The SMILES string of the molecule is COc1ccccc1Cc1cccc(C2CCCN2CC(=O)O)n1. The van der Waals surface area contributed by atoms with E-state index in [9.17, 15) is 4.79 Å². The van der Waals surface area contributed by atoms with Gasteiger partial charge in [-0.2, -0.15) is 0 Å². The first-order valence-electron chi connectivity index (χ1n) is 8.21. The number of carboxylic acid groups (broad SMARTS) is 1. The maximum Gasteiger partial charge on any atom is 0.317 e. The lowest BCUT2D eigenvalue weighted by atomic mass is 10.1. The highest BCUT2D eigenvalue weighted by molar-refractivity contribution is 5.69. The maximum absolute atomic E-state index is 11.0. The van der Waals surface area contributed by atoms with Crippen LogP contribution in [0, 0.1) is 0 Å². The Balaban J connectivity index is 1.80. The third kappa shape index (κ3) is 3.74. The summed E-state index contributed by atoms with van der Waals surface area (Å²) in [4.78, 5) is 17.8. The molecule has 0 bridgehead atoms. The van der Waals surface area contributed by atoms with Crippen LogP contribution in [-0.2, 0) is 11.2 Å². The number of pyridine rings is 1. The molecule has 0 saturated carbocycles. The maximum atomic E-state index is 11.0. The Morgan fingerprint density at radius 1 is 1.29 bits per heavy atom. The van der Waals surface area contributed by atoms with Crippen LogP contribution >= 0.6 is 0 Å². The molecule has 5 heteroatoms. The second kappa shape index (κ2) is 7.45. The molecule has 0 spiro atoms. The van der Waals surface area contributed by atoms with E-state index >= 15 is 0 Å². The highest BCUT2D eigenvalue weighted by Gasteiger charge is 2.28. The molecule has 0 aliphatic carbocycles. The molecule has 1 aromatic carbocycles. The molecule has 24 heavy (non-hydrogen) atoms. The second-order valence-electron chi connectivity index (χ2n) is 6.06. The number of ether oxygens (including phenoxy) is 1. The molecule has 2 heterocycles. The van der Waals surface area contributed by atoms with Gasteiger partial charge >= 0.3 is 5.97 Å². The predicted molar refractivity (Wildman–Crippen MR) is 91.2 cm³/mol. The fraction of sp³-hybridized carbons (Fsp3) is 0.368. The van der Waals surface area contributed by atoms with Crippen LogP contribution in [0.1, 0.15) is 35.8 Å². The van der Waals surface area contributed by atoms with Gasteiger partial charge in [0, 0.05) is 17.7 Å². The van der Waals surface area contributed by atoms with Gasteiger partial charge in [-0.25, -0.2) is 0 Å². The Labute approximate surface area is 141 Å². The van der Waals surface area contributed by atoms with Gasteiger partial charge in [-0.15, -0.1) is 0 Å². The van der Waals surface area contributed by atoms with Crippen molar-refractivity contribution in [3.8, 4) is 5.75 Å². The van der Waals surface area contributed by atoms with Crippen molar-refractivity contribution >= 4 is 5.97 Å². The fourth-order valence-corrected chi connectivity index (χ4v) is 3.35. The first-order valence-corrected chi connectivity index (χ1v) is 8.21. The Hall–Kier alpha value is -2.40. The van der Waals surface area contributed by atoms with Crippen molar-refractivity contribution in [3.05, 3.63) is 59.4 Å². The van der Waals surface area contributed by atoms with E-state index in [0.29, 0.717) is 6.42 Å². The van der Waals surface area contributed by atoms with Crippen molar-refractivity contribution in [2.24, 2.45) is 0 Å². The van der Waals surface area contributed by atoms with Gasteiger partial charge in [-0.1, -0.05) is 24.3 Å². The van der Waals surface area contributed by atoms with Crippen molar-refractivity contribution in [1.29, 1.82) is 0 Å². The van der Waals surface area contributed by atoms with Crippen molar-refractivity contribution in [3.63, 3.8) is 0 Å². The largest absolute Gasteiger partial charge is 0.496 e. The van der Waals surface area contributed by atoms with E-state index in [4.69, 9.17) is 14.8 Å². The first-order chi connectivity index (χ1) is 11.7. The number of hydrogen-bond acceptors (Lipinski definition) is 4. The summed E-state index contributed by atoms with van der Waals surface area (Å²) in [6, 6.07) is 14.0. The van der Waals surface area contributed by atoms with Crippen LogP contribution < -0.4 is 4.74 Å². The highest BCUT2D eigenvalue weighted by atomic mass is 16.5. The summed E-state index contributed by atoms with van der Waals surface area (Å²) >= 11 is 0. The lowest BCUT2D eigenvalue weighted by Crippen LogP contribution is -2.29. The van der Waals surface area contributed by atoms with E-state index in [1.165, 1.54) is 0 Å². The van der Waals surface area contributed by atoms with Gasteiger partial charge in [0.2, 0.25) is 0 Å². The molecule has 1 saturated heterocycles. The van der Waals surface area contributed by atoms with E-state index in [1.54, 1.807) is 7.11 Å². The van der Waals surface area contributed by atoms with Crippen LogP contribution in [0.15, 0.2) is 42.5 Å². The summed E-state index contributed by atoms with van der Waals surface area (Å²) in [6.45, 7) is 0.887. The molecular weight excluding hydrogens is 304 g/mol. The highest BCUT2D eigenvalue weighted by Crippen LogP contribution is 2.31. The number of carbonyl (C=O) groups is 1. The number of aromatic nitrogens is 1. The molecule has 1 aliphatic rings. The lowest BCUT2D eigenvalue weighted by molar-refractivity contribution is -0.138. The topological polar surface area (TPSA) is 62.7 Å². The number of rotatable bonds is 6. The molecule has 1 aromatic heterocycles. The van der Waals surface area contributed by atoms with Gasteiger partial charge in [0.15, 0.2) is 0 Å². The molecule has 5 nitrogen and oxygen atoms in total. The molecule has 1 aliphatic heterocycles. The zero-order valence-corrected chi connectivity index (χ0v) is 13.8. The molecule has 0 radical (unpaired) electrons. The molecule has 1 N–H and O–H groups in total. The Bertz CT molecular complexity index is 717. The summed E-state index contributed by atoms with van der Waals surface area (Å²) < 4.78 is 5.41. The zero-order chi connectivity index (χ0) is 16.9. The van der Waals surface area contributed by atoms with Gasteiger partial charge < -0.3 is 9.84 Å². The summed E-state index contributed by atoms with van der Waals surface area (Å²) in [5.41, 5.74) is 3.03. The van der Waals surface area contributed by atoms with E-state index in [2.05, 4.69) is 0 Å². The van der Waals surface area contributed by atoms with Crippen molar-refractivity contribution in [2.75, 3.05) is 20.2 Å². The van der Waals surface area contributed by atoms with Crippen LogP contribution in [0.25, 0.3) is 0 Å². The number of methoxy groups -OCH3 is 1. The third-order valence-electron chi connectivity index (χ3n) is 4.44. The summed E-state index contributed by atoms with van der Waals surface area (Å²) in [5, 5.41) is 9.07. The zero-order valence-electron chi connectivity index (χ0n) is 13.8. The molecule has 1 atom stereocenters. The monoisotopic (exact) mass is 326 g/mol. The molecule has 2 aromatic rings. The smallest absolute Gasteiger partial charge is 0.317 e. The average Bonchev–Trinajstić information content (AvgIpc) is 3.03. The second-order valence-corrected chi connectivity index (χ2v) is 6.06. The number of hydrogen-bond donors (Lipinski definition) is 1. The van der Waals surface area contributed by atoms with Crippen molar-refractivity contribution < 1.29 is 14.6 Å². The molecule has 126 valence electrons. The third-order valence-corrected chi connectivity index (χ3v) is 4.44. The average molecular weight is 326 g/mol. The molecular formula is C19H22N2O3. The summed E-state index contributed by atoms with van der Waals surface area (Å²) in [6.07, 6.45) is 2.66. The van der Waals surface area contributed by atoms with E-state index in [-0.39, 0.29) is 12.6 Å². The number of para-hydroxylation sites is 1. The normalized spacial score (nSPS) is 17.8. The summed E-state index contributed by atoms with van der Waals surface area (Å²) in [7, 11) is 1.67. The standard InChI is InChI=1S/C19H22N2O3/c1-24-18-10-3-2-6-14(18)12-15-7-4-8-16(20-15)17-9-5-11-21(17)13-19(22)23/h2-4,6-8,10,17H,5,9,11-13H2,1H3,(H,22,23). The van der Waals surface area contributed by atoms with Gasteiger partial charge in [0.05, 0.1) is 25.4 Å².